The van der Waals surface area contributed by atoms with Gasteiger partial charge in [0.05, 0.1) is 11.7 Å². The van der Waals surface area contributed by atoms with Crippen LogP contribution in [0, 0.1) is 6.92 Å². The Bertz CT molecular complexity index is 543. The van der Waals surface area contributed by atoms with E-state index in [-0.39, 0.29) is 0 Å². The predicted octanol–water partition coefficient (Wildman–Crippen LogP) is 2.51. The molecule has 1 atom stereocenters. The fraction of sp³-hybridized carbons (Fsp3) is 0.500. The minimum absolute atomic E-state index is 0.349. The fourth-order valence-corrected chi connectivity index (χ4v) is 2.63. The first kappa shape index (κ1) is 11.0. The molecule has 1 N–H and O–H groups in total. The zero-order chi connectivity index (χ0) is 11.8. The Kier molecular flexibility index (Phi) is 2.76. The van der Waals surface area contributed by atoms with E-state index in [1.807, 2.05) is 19.1 Å². The smallest absolute Gasteiger partial charge is 0.157 e. The molecule has 1 fully saturated rings. The second kappa shape index (κ2) is 4.27. The molecule has 1 unspecified atom stereocenters. The number of aromatic nitrogens is 3. The molecule has 3 heterocycles. The van der Waals surface area contributed by atoms with Gasteiger partial charge in [-0.15, -0.1) is 0 Å². The number of hydrogen-bond acceptors (Lipinski definition) is 3. The standard InChI is InChI=1S/C12H15ClN4/c1-8-6-11(13)17-12(15-8)7-10(16-17)9-4-2-3-5-14-9/h6-7,9,14H,2-5H2,1H3. The summed E-state index contributed by atoms with van der Waals surface area (Å²) in [6.45, 7) is 3.01. The minimum atomic E-state index is 0.349. The maximum atomic E-state index is 6.15. The molecule has 90 valence electrons. The average molecular weight is 251 g/mol. The summed E-state index contributed by atoms with van der Waals surface area (Å²) in [6.07, 6.45) is 3.65. The zero-order valence-electron chi connectivity index (χ0n) is 9.78. The Morgan fingerprint density at radius 1 is 1.41 bits per heavy atom. The maximum Gasteiger partial charge on any atom is 0.157 e. The first-order valence-corrected chi connectivity index (χ1v) is 6.38. The van der Waals surface area contributed by atoms with Gasteiger partial charge in [-0.3, -0.25) is 0 Å². The normalized spacial score (nSPS) is 20.9. The van der Waals surface area contributed by atoms with Crippen LogP contribution in [-0.2, 0) is 0 Å². The van der Waals surface area contributed by atoms with Gasteiger partial charge in [0.25, 0.3) is 0 Å². The third kappa shape index (κ3) is 2.03. The van der Waals surface area contributed by atoms with Crippen LogP contribution in [0.15, 0.2) is 12.1 Å². The molecule has 2 aromatic heterocycles. The van der Waals surface area contributed by atoms with Crippen molar-refractivity contribution in [3.63, 3.8) is 0 Å². The van der Waals surface area contributed by atoms with E-state index >= 15 is 0 Å². The van der Waals surface area contributed by atoms with Crippen molar-refractivity contribution < 1.29 is 0 Å². The summed E-state index contributed by atoms with van der Waals surface area (Å²) in [5.74, 6) is 0. The molecule has 1 aliphatic rings. The summed E-state index contributed by atoms with van der Waals surface area (Å²) in [4.78, 5) is 4.44. The van der Waals surface area contributed by atoms with Gasteiger partial charge in [0.1, 0.15) is 5.15 Å². The lowest BCUT2D eigenvalue weighted by molar-refractivity contribution is 0.404. The Labute approximate surface area is 105 Å². The summed E-state index contributed by atoms with van der Waals surface area (Å²) in [6, 6.07) is 4.21. The van der Waals surface area contributed by atoms with Crippen LogP contribution in [0.25, 0.3) is 5.65 Å². The third-order valence-electron chi connectivity index (χ3n) is 3.20. The van der Waals surface area contributed by atoms with E-state index in [0.717, 1.165) is 30.0 Å². The van der Waals surface area contributed by atoms with E-state index in [1.54, 1.807) is 4.52 Å². The summed E-state index contributed by atoms with van der Waals surface area (Å²) >= 11 is 6.15. The highest BCUT2D eigenvalue weighted by Gasteiger charge is 2.18. The molecule has 0 saturated carbocycles. The Morgan fingerprint density at radius 3 is 3.06 bits per heavy atom. The largest absolute Gasteiger partial charge is 0.309 e. The van der Waals surface area contributed by atoms with Crippen molar-refractivity contribution in [2.45, 2.75) is 32.2 Å². The van der Waals surface area contributed by atoms with Crippen LogP contribution in [0.3, 0.4) is 0 Å². The van der Waals surface area contributed by atoms with Crippen LogP contribution in [-0.4, -0.2) is 21.1 Å². The molecule has 0 aromatic carbocycles. The van der Waals surface area contributed by atoms with Gasteiger partial charge in [0, 0.05) is 11.8 Å². The third-order valence-corrected chi connectivity index (χ3v) is 3.47. The molecular formula is C12H15ClN4. The second-order valence-corrected chi connectivity index (χ2v) is 4.95. The Hall–Kier alpha value is -1.13. The van der Waals surface area contributed by atoms with Crippen LogP contribution in [0.5, 0.6) is 0 Å². The molecule has 1 saturated heterocycles. The first-order valence-electron chi connectivity index (χ1n) is 6.00. The summed E-state index contributed by atoms with van der Waals surface area (Å²) in [5.41, 5.74) is 2.80. The number of aryl methyl sites for hydroxylation is 1. The van der Waals surface area contributed by atoms with Gasteiger partial charge in [-0.25, -0.2) is 9.50 Å². The van der Waals surface area contributed by atoms with Crippen molar-refractivity contribution in [2.75, 3.05) is 6.54 Å². The molecule has 2 aromatic rings. The Morgan fingerprint density at radius 2 is 2.29 bits per heavy atom. The van der Waals surface area contributed by atoms with Crippen molar-refractivity contribution in [3.05, 3.63) is 28.7 Å². The Balaban J connectivity index is 2.03. The molecule has 1 aliphatic heterocycles. The molecule has 4 nitrogen and oxygen atoms in total. The first-order chi connectivity index (χ1) is 8.24. The highest BCUT2D eigenvalue weighted by atomic mass is 35.5. The molecule has 0 bridgehead atoms. The van der Waals surface area contributed by atoms with E-state index in [2.05, 4.69) is 15.4 Å². The van der Waals surface area contributed by atoms with E-state index in [4.69, 9.17) is 11.6 Å². The average Bonchev–Trinajstić information content (AvgIpc) is 2.74. The monoisotopic (exact) mass is 250 g/mol. The number of nitrogens with zero attached hydrogens (tertiary/aromatic N) is 3. The molecule has 0 amide bonds. The van der Waals surface area contributed by atoms with Crippen LogP contribution in [0.4, 0.5) is 0 Å². The molecule has 3 rings (SSSR count). The van der Waals surface area contributed by atoms with Gasteiger partial charge in [-0.2, -0.15) is 5.10 Å². The van der Waals surface area contributed by atoms with Gasteiger partial charge in [0.2, 0.25) is 0 Å². The van der Waals surface area contributed by atoms with Crippen molar-refractivity contribution >= 4 is 17.2 Å². The van der Waals surface area contributed by atoms with Crippen molar-refractivity contribution in [1.82, 2.24) is 19.9 Å². The molecule has 5 heteroatoms. The zero-order valence-corrected chi connectivity index (χ0v) is 10.5. The lowest BCUT2D eigenvalue weighted by Gasteiger charge is -2.21. The summed E-state index contributed by atoms with van der Waals surface area (Å²) in [7, 11) is 0. The lowest BCUT2D eigenvalue weighted by atomic mass is 10.0. The van der Waals surface area contributed by atoms with E-state index in [0.29, 0.717) is 11.2 Å². The fourth-order valence-electron chi connectivity index (χ4n) is 2.35. The quantitative estimate of drug-likeness (QED) is 0.791. The second-order valence-electron chi connectivity index (χ2n) is 4.56. The number of nitrogens with one attached hydrogen (secondary N) is 1. The summed E-state index contributed by atoms with van der Waals surface area (Å²) in [5, 5.41) is 8.64. The SMILES string of the molecule is Cc1cc(Cl)n2nc(C3CCCCN3)cc2n1. The van der Waals surface area contributed by atoms with E-state index < -0.39 is 0 Å². The molecular weight excluding hydrogens is 236 g/mol. The van der Waals surface area contributed by atoms with E-state index in [9.17, 15) is 0 Å². The number of rotatable bonds is 1. The minimum Gasteiger partial charge on any atom is -0.309 e. The summed E-state index contributed by atoms with van der Waals surface area (Å²) < 4.78 is 1.71. The lowest BCUT2D eigenvalue weighted by Crippen LogP contribution is -2.27. The number of halogens is 1. The number of fused-ring (bicyclic) bond motifs is 1. The van der Waals surface area contributed by atoms with Gasteiger partial charge >= 0.3 is 0 Å². The van der Waals surface area contributed by atoms with Crippen LogP contribution < -0.4 is 5.32 Å². The highest BCUT2D eigenvalue weighted by molar-refractivity contribution is 6.29. The van der Waals surface area contributed by atoms with Crippen LogP contribution in [0.2, 0.25) is 5.15 Å². The van der Waals surface area contributed by atoms with Crippen LogP contribution >= 0.6 is 11.6 Å². The van der Waals surface area contributed by atoms with Gasteiger partial charge < -0.3 is 5.32 Å². The molecule has 0 radical (unpaired) electrons. The van der Waals surface area contributed by atoms with Crippen molar-refractivity contribution in [1.29, 1.82) is 0 Å². The molecule has 0 aliphatic carbocycles. The number of hydrogen-bond donors (Lipinski definition) is 1. The van der Waals surface area contributed by atoms with Gasteiger partial charge in [-0.1, -0.05) is 18.0 Å². The number of piperidine rings is 1. The highest BCUT2D eigenvalue weighted by Crippen LogP contribution is 2.23. The van der Waals surface area contributed by atoms with Gasteiger partial charge in [-0.05, 0) is 32.4 Å². The van der Waals surface area contributed by atoms with Gasteiger partial charge in [0.15, 0.2) is 5.65 Å². The molecule has 17 heavy (non-hydrogen) atoms. The topological polar surface area (TPSA) is 42.2 Å². The van der Waals surface area contributed by atoms with Crippen molar-refractivity contribution in [3.8, 4) is 0 Å². The predicted molar refractivity (Wildman–Crippen MR) is 67.3 cm³/mol. The van der Waals surface area contributed by atoms with Crippen molar-refractivity contribution in [2.24, 2.45) is 0 Å². The molecule has 0 spiro atoms. The van der Waals surface area contributed by atoms with E-state index in [1.165, 1.54) is 12.8 Å². The maximum absolute atomic E-state index is 6.15. The van der Waals surface area contributed by atoms with Crippen LogP contribution in [0.1, 0.15) is 36.7 Å².